The van der Waals surface area contributed by atoms with Crippen LogP contribution in [0.1, 0.15) is 40.5 Å². The smallest absolute Gasteiger partial charge is 0.0461 e. The van der Waals surface area contributed by atoms with E-state index in [-0.39, 0.29) is 4.75 Å². The van der Waals surface area contributed by atoms with Gasteiger partial charge in [-0.15, -0.1) is 11.8 Å². The fourth-order valence-corrected chi connectivity index (χ4v) is 2.48. The van der Waals surface area contributed by atoms with Crippen molar-refractivity contribution in [3.63, 3.8) is 0 Å². The number of rotatable bonds is 5. The highest BCUT2D eigenvalue weighted by atomic mass is 32.2. The molecular formula is C10H20OS2. The molecular weight excluding hydrogens is 200 g/mol. The summed E-state index contributed by atoms with van der Waals surface area (Å²) in [6.45, 7) is 8.57. The van der Waals surface area contributed by atoms with Gasteiger partial charge in [0.15, 0.2) is 0 Å². The molecule has 0 aliphatic rings. The Balaban J connectivity index is 3.66. The molecule has 0 aromatic heterocycles. The molecule has 0 aliphatic heterocycles. The van der Waals surface area contributed by atoms with Crippen LogP contribution in [0.3, 0.4) is 0 Å². The Morgan fingerprint density at radius 2 is 2.00 bits per heavy atom. The van der Waals surface area contributed by atoms with Crippen molar-refractivity contribution >= 4 is 22.6 Å². The highest BCUT2D eigenvalue weighted by Crippen LogP contribution is 2.24. The molecule has 0 aliphatic carbocycles. The van der Waals surface area contributed by atoms with Crippen LogP contribution in [0.5, 0.6) is 0 Å². The van der Waals surface area contributed by atoms with Gasteiger partial charge in [0.1, 0.15) is 0 Å². The third-order valence-electron chi connectivity index (χ3n) is 1.33. The minimum absolute atomic E-state index is 0.228. The summed E-state index contributed by atoms with van der Waals surface area (Å²) in [7, 11) is -0.756. The first kappa shape index (κ1) is 13.2. The summed E-state index contributed by atoms with van der Waals surface area (Å²) in [6, 6.07) is 0. The summed E-state index contributed by atoms with van der Waals surface area (Å²) in [4.78, 5) is 0. The Hall–Kier alpha value is 0.240. The van der Waals surface area contributed by atoms with E-state index >= 15 is 0 Å². The van der Waals surface area contributed by atoms with Crippen molar-refractivity contribution in [2.75, 3.05) is 5.75 Å². The zero-order valence-electron chi connectivity index (χ0n) is 9.00. The topological polar surface area (TPSA) is 17.1 Å². The molecule has 0 radical (unpaired) electrons. The lowest BCUT2D eigenvalue weighted by molar-refractivity contribution is 0.685. The normalized spacial score (nSPS) is 15.1. The van der Waals surface area contributed by atoms with Gasteiger partial charge in [-0.3, -0.25) is 4.21 Å². The van der Waals surface area contributed by atoms with Gasteiger partial charge in [0, 0.05) is 26.7 Å². The van der Waals surface area contributed by atoms with E-state index in [1.54, 1.807) is 11.8 Å². The minimum Gasteiger partial charge on any atom is -0.255 e. The van der Waals surface area contributed by atoms with Gasteiger partial charge in [-0.1, -0.05) is 34.1 Å². The van der Waals surface area contributed by atoms with Gasteiger partial charge < -0.3 is 0 Å². The quantitative estimate of drug-likeness (QED) is 0.705. The van der Waals surface area contributed by atoms with Crippen molar-refractivity contribution in [3.05, 3.63) is 10.8 Å². The Bertz CT molecular complexity index is 180. The average Bonchev–Trinajstić information content (AvgIpc) is 1.98. The summed E-state index contributed by atoms with van der Waals surface area (Å²) >= 11 is 1.72. The van der Waals surface area contributed by atoms with E-state index in [1.165, 1.54) is 0 Å². The second-order valence-corrected chi connectivity index (χ2v) is 7.12. The van der Waals surface area contributed by atoms with Gasteiger partial charge >= 0.3 is 0 Å². The van der Waals surface area contributed by atoms with Crippen molar-refractivity contribution in [2.45, 2.75) is 45.3 Å². The van der Waals surface area contributed by atoms with E-state index in [9.17, 15) is 4.21 Å². The summed E-state index contributed by atoms with van der Waals surface area (Å²) in [5.74, 6) is 0.803. The van der Waals surface area contributed by atoms with Crippen LogP contribution in [0, 0.1) is 0 Å². The fraction of sp³-hybridized carbons (Fsp3) is 0.800. The lowest BCUT2D eigenvalue weighted by atomic mass is 10.3. The lowest BCUT2D eigenvalue weighted by Gasteiger charge is -2.13. The Labute approximate surface area is 88.8 Å². The summed E-state index contributed by atoms with van der Waals surface area (Å²) < 4.78 is 11.5. The lowest BCUT2D eigenvalue weighted by Crippen LogP contribution is -2.04. The van der Waals surface area contributed by atoms with Gasteiger partial charge in [0.2, 0.25) is 0 Å². The predicted molar refractivity (Wildman–Crippen MR) is 64.4 cm³/mol. The SMILES string of the molecule is CCCCS(=O)C=CSC(C)(C)C. The van der Waals surface area contributed by atoms with Crippen LogP contribution >= 0.6 is 11.8 Å². The molecule has 0 aromatic rings. The molecule has 78 valence electrons. The molecule has 13 heavy (non-hydrogen) atoms. The molecule has 0 heterocycles. The van der Waals surface area contributed by atoms with Crippen molar-refractivity contribution in [2.24, 2.45) is 0 Å². The van der Waals surface area contributed by atoms with Crippen LogP contribution in [0.4, 0.5) is 0 Å². The average molecular weight is 220 g/mol. The van der Waals surface area contributed by atoms with E-state index < -0.39 is 10.8 Å². The third kappa shape index (κ3) is 10.2. The van der Waals surface area contributed by atoms with Crippen molar-refractivity contribution in [1.29, 1.82) is 0 Å². The summed E-state index contributed by atoms with van der Waals surface area (Å²) in [5, 5.41) is 3.78. The first-order valence-electron chi connectivity index (χ1n) is 4.67. The molecule has 0 aromatic carbocycles. The molecule has 3 heteroatoms. The second kappa shape index (κ2) is 6.66. The molecule has 0 bridgehead atoms. The highest BCUT2D eigenvalue weighted by Gasteiger charge is 2.07. The molecule has 0 rings (SSSR count). The fourth-order valence-electron chi connectivity index (χ4n) is 0.649. The number of thioether (sulfide) groups is 1. The van der Waals surface area contributed by atoms with E-state index in [0.29, 0.717) is 0 Å². The largest absolute Gasteiger partial charge is 0.255 e. The highest BCUT2D eigenvalue weighted by molar-refractivity contribution is 8.04. The summed E-state index contributed by atoms with van der Waals surface area (Å²) in [6.07, 6.45) is 2.17. The molecule has 0 saturated heterocycles. The molecule has 0 fully saturated rings. The van der Waals surface area contributed by atoms with Crippen LogP contribution in [0.15, 0.2) is 10.8 Å². The van der Waals surface area contributed by atoms with Gasteiger partial charge in [0.05, 0.1) is 0 Å². The molecule has 1 atom stereocenters. The van der Waals surface area contributed by atoms with Crippen LogP contribution in [0.25, 0.3) is 0 Å². The summed E-state index contributed by atoms with van der Waals surface area (Å²) in [5.41, 5.74) is 0. The number of hydrogen-bond donors (Lipinski definition) is 0. The molecule has 1 nitrogen and oxygen atoms in total. The van der Waals surface area contributed by atoms with Crippen LogP contribution in [-0.4, -0.2) is 14.7 Å². The zero-order chi connectivity index (χ0) is 10.3. The maximum Gasteiger partial charge on any atom is 0.0461 e. The van der Waals surface area contributed by atoms with Crippen LogP contribution in [0.2, 0.25) is 0 Å². The molecule has 0 spiro atoms. The predicted octanol–water partition coefficient (Wildman–Crippen LogP) is 3.54. The van der Waals surface area contributed by atoms with Gasteiger partial charge in [-0.25, -0.2) is 0 Å². The third-order valence-corrected chi connectivity index (χ3v) is 3.61. The van der Waals surface area contributed by atoms with Crippen LogP contribution in [-0.2, 0) is 10.8 Å². The number of unbranched alkanes of at least 4 members (excludes halogenated alkanes) is 1. The zero-order valence-corrected chi connectivity index (χ0v) is 10.6. The second-order valence-electron chi connectivity index (χ2n) is 3.94. The monoisotopic (exact) mass is 220 g/mol. The van der Waals surface area contributed by atoms with Gasteiger partial charge in [-0.05, 0) is 11.8 Å². The standard InChI is InChI=1S/C10H20OS2/c1-5-6-8-13(11)9-7-12-10(2,3)4/h7,9H,5-6,8H2,1-4H3. The Kier molecular flexibility index (Phi) is 6.78. The number of hydrogen-bond acceptors (Lipinski definition) is 2. The first-order valence-corrected chi connectivity index (χ1v) is 6.93. The van der Waals surface area contributed by atoms with Crippen LogP contribution < -0.4 is 0 Å². The Morgan fingerprint density at radius 1 is 1.38 bits per heavy atom. The van der Waals surface area contributed by atoms with E-state index in [1.807, 2.05) is 10.8 Å². The van der Waals surface area contributed by atoms with Crippen molar-refractivity contribution in [3.8, 4) is 0 Å². The van der Waals surface area contributed by atoms with Crippen molar-refractivity contribution < 1.29 is 4.21 Å². The van der Waals surface area contributed by atoms with E-state index in [2.05, 4.69) is 27.7 Å². The van der Waals surface area contributed by atoms with Gasteiger partial charge in [0.25, 0.3) is 0 Å². The van der Waals surface area contributed by atoms with Crippen molar-refractivity contribution in [1.82, 2.24) is 0 Å². The Morgan fingerprint density at radius 3 is 2.46 bits per heavy atom. The minimum atomic E-state index is -0.756. The molecule has 0 N–H and O–H groups in total. The molecule has 1 unspecified atom stereocenters. The molecule has 0 amide bonds. The van der Waals surface area contributed by atoms with E-state index in [0.717, 1.165) is 18.6 Å². The van der Waals surface area contributed by atoms with E-state index in [4.69, 9.17) is 0 Å². The first-order chi connectivity index (χ1) is 5.95. The maximum atomic E-state index is 11.3. The maximum absolute atomic E-state index is 11.3. The molecule has 0 saturated carbocycles. The van der Waals surface area contributed by atoms with Gasteiger partial charge in [-0.2, -0.15) is 0 Å².